The largest absolute Gasteiger partial charge is 0.490 e. The van der Waals surface area contributed by atoms with Crippen molar-refractivity contribution in [2.75, 3.05) is 144 Å². The molecule has 0 aromatic carbocycles. The molecule has 1 saturated heterocycles. The van der Waals surface area contributed by atoms with Gasteiger partial charge in [0.2, 0.25) is 0 Å². The molecule has 492 valence electrons. The standard InChI is InChI=1S/C10H13N5O4.5C7H18N2O.H5O10P3/c11-8-5-9(13-2-12-8)15(3-14-5)10-7(18)6(17)4(1-16)19-10;5*8-4-1-2-5-9-6-3-7-10;1-11(2,3)9-13(7,8)10-12(4,5)6/h2-4,6-7,10,16-18H,1H2,(H2,11,12,13);5*9-10H,1-8H2;(H,7,8)(H2,1,2,3)(H2,4,5,6)/t4-,6-,7-,10-;;;;;;/m1....../s1. The van der Waals surface area contributed by atoms with Crippen molar-refractivity contribution in [3.8, 4) is 0 Å². The number of nitrogens with one attached hydrogen (secondary N) is 5. The van der Waals surface area contributed by atoms with Gasteiger partial charge < -0.3 is 131 Å². The SMILES string of the molecule is NCCCCNCCCO.NCCCCNCCCO.NCCCCNCCCO.NCCCCNCCCO.NCCCCNCCCO.Nc1ncnc2c1ncn2[C@@H]1O[C@H](CO)[C@@H](O)[C@H]1O.O=P(O)(O)OP(=O)(O)OP(=O)(O)O. The number of hydrogen-bond donors (Lipinski definition) is 24. The van der Waals surface area contributed by atoms with Gasteiger partial charge in [-0.05, 0) is 194 Å². The molecule has 0 radical (unpaired) electrons. The average Bonchev–Trinajstić information content (AvgIpc) is 3.99. The van der Waals surface area contributed by atoms with Gasteiger partial charge in [-0.15, -0.1) is 0 Å². The van der Waals surface area contributed by atoms with Gasteiger partial charge in [0, 0.05) is 33.0 Å². The van der Waals surface area contributed by atoms with Crippen LogP contribution in [0.15, 0.2) is 12.7 Å². The van der Waals surface area contributed by atoms with E-state index in [9.17, 15) is 23.9 Å². The second-order valence-corrected chi connectivity index (χ2v) is 21.7. The summed E-state index contributed by atoms with van der Waals surface area (Å²) in [5.41, 5.74) is 33.0. The van der Waals surface area contributed by atoms with E-state index in [-0.39, 0.29) is 38.9 Å². The summed E-state index contributed by atoms with van der Waals surface area (Å²) in [6.45, 7) is 14.6. The van der Waals surface area contributed by atoms with Crippen LogP contribution in [0.5, 0.6) is 0 Å². The number of nitrogens with two attached hydrogens (primary N) is 6. The van der Waals surface area contributed by atoms with E-state index >= 15 is 0 Å². The van der Waals surface area contributed by atoms with Crippen LogP contribution in [0.2, 0.25) is 0 Å². The molecule has 0 spiro atoms. The predicted molar refractivity (Wildman–Crippen MR) is 313 cm³/mol. The molecule has 0 unspecified atom stereocenters. The van der Waals surface area contributed by atoms with E-state index in [1.54, 1.807) is 0 Å². The van der Waals surface area contributed by atoms with Gasteiger partial charge >= 0.3 is 23.5 Å². The number of imidazole rings is 1. The Morgan fingerprint density at radius 3 is 1.04 bits per heavy atom. The van der Waals surface area contributed by atoms with Crippen molar-refractivity contribution in [1.29, 1.82) is 0 Å². The Hall–Kier alpha value is -2.00. The maximum atomic E-state index is 10.4. The van der Waals surface area contributed by atoms with Crippen LogP contribution in [0, 0.1) is 0 Å². The third-order valence-corrected chi connectivity index (χ3v) is 13.5. The monoisotopic (exact) mass is 1260 g/mol. The maximum absolute atomic E-state index is 10.4. The Bertz CT molecular complexity index is 1650. The summed E-state index contributed by atoms with van der Waals surface area (Å²) < 4.78 is 43.2. The first-order chi connectivity index (χ1) is 39.1. The van der Waals surface area contributed by atoms with Crippen molar-refractivity contribution in [3.05, 3.63) is 12.7 Å². The Balaban J connectivity index is -0.000000442. The first-order valence-electron chi connectivity index (χ1n) is 27.6. The van der Waals surface area contributed by atoms with E-state index in [2.05, 4.69) is 50.2 Å². The van der Waals surface area contributed by atoms with Crippen LogP contribution in [-0.4, -0.2) is 241 Å². The summed E-state index contributed by atoms with van der Waals surface area (Å²) in [6.07, 6.45) is 14.0. The van der Waals surface area contributed by atoms with Crippen molar-refractivity contribution >= 4 is 40.4 Å². The lowest BCUT2D eigenvalue weighted by molar-refractivity contribution is -0.0511. The Morgan fingerprint density at radius 1 is 0.476 bits per heavy atom. The molecule has 34 nitrogen and oxygen atoms in total. The summed E-state index contributed by atoms with van der Waals surface area (Å²) in [7, 11) is -16.2. The lowest BCUT2D eigenvalue weighted by Gasteiger charge is -2.16. The fourth-order valence-corrected chi connectivity index (χ4v) is 8.60. The summed E-state index contributed by atoms with van der Waals surface area (Å²) >= 11 is 0. The number of nitrogen functional groups attached to an aromatic ring is 1. The van der Waals surface area contributed by atoms with E-state index in [1.165, 1.54) is 17.2 Å². The summed E-state index contributed by atoms with van der Waals surface area (Å²) in [4.78, 5) is 52.1. The van der Waals surface area contributed by atoms with Gasteiger partial charge in [-0.25, -0.2) is 28.6 Å². The molecule has 2 aromatic rings. The lowest BCUT2D eigenvalue weighted by atomic mass is 10.1. The van der Waals surface area contributed by atoms with Crippen molar-refractivity contribution < 1.29 is 92.4 Å². The van der Waals surface area contributed by atoms with Crippen LogP contribution in [0.1, 0.15) is 103 Å². The van der Waals surface area contributed by atoms with Gasteiger partial charge in [0.05, 0.1) is 12.9 Å². The number of nitrogens with zero attached hydrogens (tertiary/aromatic N) is 4. The molecular weight excluding hydrogens is 1150 g/mol. The number of fused-ring (bicyclic) bond motifs is 1. The summed E-state index contributed by atoms with van der Waals surface area (Å²) in [5.74, 6) is 0.218. The van der Waals surface area contributed by atoms with Crippen molar-refractivity contribution in [1.82, 2.24) is 46.1 Å². The minimum atomic E-state index is -5.46. The maximum Gasteiger partial charge on any atom is 0.490 e. The number of aromatic nitrogens is 4. The smallest absolute Gasteiger partial charge is 0.396 e. The van der Waals surface area contributed by atoms with E-state index < -0.39 is 54.6 Å². The summed E-state index contributed by atoms with van der Waals surface area (Å²) in [6, 6.07) is 0. The van der Waals surface area contributed by atoms with Crippen LogP contribution in [-0.2, 0) is 27.1 Å². The number of aliphatic hydroxyl groups is 8. The fourth-order valence-electron chi connectivity index (χ4n) is 6.07. The zero-order chi connectivity index (χ0) is 62.8. The van der Waals surface area contributed by atoms with Gasteiger partial charge in [0.15, 0.2) is 17.7 Å². The quantitative estimate of drug-likeness (QED) is 0.0222. The van der Waals surface area contributed by atoms with Gasteiger partial charge in [0.25, 0.3) is 0 Å². The Morgan fingerprint density at radius 2 is 0.780 bits per heavy atom. The van der Waals surface area contributed by atoms with E-state index in [0.717, 1.165) is 194 Å². The molecule has 4 atom stereocenters. The second kappa shape index (κ2) is 60.7. The molecule has 0 aliphatic carbocycles. The van der Waals surface area contributed by atoms with Crippen LogP contribution < -0.4 is 61.0 Å². The number of hydrogen-bond acceptors (Lipinski definition) is 28. The Labute approximate surface area is 483 Å². The van der Waals surface area contributed by atoms with Gasteiger partial charge in [-0.1, -0.05) is 0 Å². The molecule has 3 rings (SSSR count). The zero-order valence-electron chi connectivity index (χ0n) is 47.8. The summed E-state index contributed by atoms with van der Waals surface area (Å²) in [5, 5.41) is 86.8. The lowest BCUT2D eigenvalue weighted by Crippen LogP contribution is -2.33. The van der Waals surface area contributed by atoms with E-state index in [1.807, 2.05) is 0 Å². The van der Waals surface area contributed by atoms with Crippen molar-refractivity contribution in [2.24, 2.45) is 28.7 Å². The first kappa shape index (κ1) is 86.4. The molecule has 0 saturated carbocycles. The molecular formula is C45H108N15O19P3. The number of ether oxygens (including phenoxy) is 1. The highest BCUT2D eigenvalue weighted by atomic mass is 31.3. The molecule has 3 heterocycles. The third-order valence-electron chi connectivity index (χ3n) is 10.2. The van der Waals surface area contributed by atoms with Crippen molar-refractivity contribution in [2.45, 2.75) is 121 Å². The number of unbranched alkanes of at least 4 members (excludes halogenated alkanes) is 5. The molecule has 1 fully saturated rings. The van der Waals surface area contributed by atoms with Gasteiger partial charge in [-0.2, -0.15) is 8.62 Å². The number of phosphoric acid groups is 3. The number of rotatable bonds is 41. The normalized spacial score (nSPS) is 15.7. The molecule has 37 heteroatoms. The number of anilines is 1. The number of aliphatic hydroxyl groups excluding tert-OH is 8. The van der Waals surface area contributed by atoms with E-state index in [0.29, 0.717) is 11.2 Å². The molecule has 82 heavy (non-hydrogen) atoms. The predicted octanol–water partition coefficient (Wildman–Crippen LogP) is -4.19. The van der Waals surface area contributed by atoms with E-state index in [4.69, 9.17) is 94.2 Å². The Kier molecular flexibility index (Phi) is 64.0. The van der Waals surface area contributed by atoms with Crippen molar-refractivity contribution in [3.63, 3.8) is 0 Å². The highest BCUT2D eigenvalue weighted by molar-refractivity contribution is 7.66. The molecule has 0 amide bonds. The minimum Gasteiger partial charge on any atom is -0.396 e. The second-order valence-electron chi connectivity index (χ2n) is 17.5. The molecule has 0 bridgehead atoms. The molecule has 2 aromatic heterocycles. The molecule has 1 aliphatic rings. The topological polar surface area (TPSA) is 602 Å². The highest BCUT2D eigenvalue weighted by Gasteiger charge is 2.44. The van der Waals surface area contributed by atoms with Crippen LogP contribution in [0.3, 0.4) is 0 Å². The molecule has 30 N–H and O–H groups in total. The fraction of sp³-hybridized carbons (Fsp3) is 0.889. The molecule has 1 aliphatic heterocycles. The average molecular weight is 1260 g/mol. The van der Waals surface area contributed by atoms with Gasteiger partial charge in [0.1, 0.15) is 30.2 Å². The third kappa shape index (κ3) is 57.1. The van der Waals surface area contributed by atoms with Crippen LogP contribution in [0.25, 0.3) is 11.2 Å². The minimum absolute atomic E-state index is 0.218. The van der Waals surface area contributed by atoms with Crippen LogP contribution >= 0.6 is 23.5 Å². The highest BCUT2D eigenvalue weighted by Crippen LogP contribution is 2.64. The van der Waals surface area contributed by atoms with Gasteiger partial charge in [-0.3, -0.25) is 4.57 Å². The zero-order valence-corrected chi connectivity index (χ0v) is 50.5. The van der Waals surface area contributed by atoms with Crippen LogP contribution in [0.4, 0.5) is 5.82 Å². The first-order valence-corrected chi connectivity index (χ1v) is 32.2.